The summed E-state index contributed by atoms with van der Waals surface area (Å²) in [6.07, 6.45) is 1.07. The molecule has 0 spiro atoms. The van der Waals surface area contributed by atoms with E-state index in [2.05, 4.69) is 32.0 Å². The number of aryl methyl sites for hydroxylation is 2. The third kappa shape index (κ3) is 4.94. The first-order chi connectivity index (χ1) is 14.4. The van der Waals surface area contributed by atoms with Gasteiger partial charge in [0, 0.05) is 25.9 Å². The normalized spacial score (nSPS) is 15.5. The van der Waals surface area contributed by atoms with Gasteiger partial charge < -0.3 is 14.4 Å². The minimum Gasteiger partial charge on any atom is -0.490 e. The lowest BCUT2D eigenvalue weighted by molar-refractivity contribution is -0.142. The highest BCUT2D eigenvalue weighted by molar-refractivity contribution is 5.81. The summed E-state index contributed by atoms with van der Waals surface area (Å²) in [6, 6.07) is 15.3. The van der Waals surface area contributed by atoms with Crippen molar-refractivity contribution in [2.24, 2.45) is 5.92 Å². The molecule has 5 heteroatoms. The fourth-order valence-electron chi connectivity index (χ4n) is 3.80. The largest absolute Gasteiger partial charge is 0.490 e. The number of carbonyl (C=O) groups excluding carboxylic acids is 1. The second-order valence-corrected chi connectivity index (χ2v) is 8.25. The van der Waals surface area contributed by atoms with Crippen molar-refractivity contribution in [3.8, 4) is 17.6 Å². The molecule has 1 aliphatic heterocycles. The van der Waals surface area contributed by atoms with Crippen molar-refractivity contribution in [1.29, 1.82) is 5.26 Å². The molecule has 0 saturated carbocycles. The van der Waals surface area contributed by atoms with Crippen molar-refractivity contribution < 1.29 is 14.3 Å². The van der Waals surface area contributed by atoms with Crippen LogP contribution in [-0.2, 0) is 4.79 Å². The number of benzene rings is 2. The summed E-state index contributed by atoms with van der Waals surface area (Å²) in [5.41, 5.74) is 2.72. The third-order valence-electron chi connectivity index (χ3n) is 5.56. The molecule has 30 heavy (non-hydrogen) atoms. The molecule has 0 radical (unpaired) electrons. The van der Waals surface area contributed by atoms with Crippen molar-refractivity contribution in [2.75, 3.05) is 13.1 Å². The Bertz CT molecular complexity index is 904. The number of para-hydroxylation sites is 2. The Hall–Kier alpha value is -3.00. The van der Waals surface area contributed by atoms with Crippen LogP contribution in [0.2, 0.25) is 0 Å². The number of hydrogen-bond acceptors (Lipinski definition) is 4. The molecule has 158 valence electrons. The van der Waals surface area contributed by atoms with Crippen LogP contribution in [-0.4, -0.2) is 36.1 Å². The highest BCUT2D eigenvalue weighted by Crippen LogP contribution is 2.27. The second kappa shape index (κ2) is 9.67. The molecule has 0 bridgehead atoms. The molecule has 0 N–H and O–H groups in total. The molecule has 1 atom stereocenters. The van der Waals surface area contributed by atoms with E-state index in [1.54, 1.807) is 18.2 Å². The van der Waals surface area contributed by atoms with Crippen LogP contribution in [0.3, 0.4) is 0 Å². The van der Waals surface area contributed by atoms with Gasteiger partial charge >= 0.3 is 0 Å². The van der Waals surface area contributed by atoms with E-state index in [1.807, 2.05) is 30.9 Å². The number of nitriles is 1. The highest BCUT2D eigenvalue weighted by Gasteiger charge is 2.32. The van der Waals surface area contributed by atoms with Gasteiger partial charge in [-0.3, -0.25) is 4.79 Å². The Morgan fingerprint density at radius 3 is 2.30 bits per heavy atom. The van der Waals surface area contributed by atoms with Gasteiger partial charge in [-0.15, -0.1) is 0 Å². The van der Waals surface area contributed by atoms with E-state index in [-0.39, 0.29) is 17.9 Å². The number of hydrogen-bond donors (Lipinski definition) is 0. The van der Waals surface area contributed by atoms with Crippen LogP contribution in [0.4, 0.5) is 0 Å². The van der Waals surface area contributed by atoms with Crippen LogP contribution >= 0.6 is 0 Å². The fraction of sp³-hybridized carbons (Fsp3) is 0.440. The van der Waals surface area contributed by atoms with Crippen molar-refractivity contribution in [3.05, 3.63) is 59.2 Å². The maximum atomic E-state index is 13.2. The Morgan fingerprint density at radius 1 is 1.07 bits per heavy atom. The highest BCUT2D eigenvalue weighted by atomic mass is 16.5. The SMILES string of the molecule is Cc1cccc(C)c1OC1CCN(C(=O)C(Oc2ccccc2C#N)C(C)C)CC1. The van der Waals surface area contributed by atoms with Crippen molar-refractivity contribution in [1.82, 2.24) is 4.90 Å². The molecule has 2 aromatic rings. The molecule has 1 saturated heterocycles. The van der Waals surface area contributed by atoms with Gasteiger partial charge in [0.05, 0.1) is 5.56 Å². The van der Waals surface area contributed by atoms with Crippen LogP contribution in [0, 0.1) is 31.1 Å². The van der Waals surface area contributed by atoms with Crippen LogP contribution in [0.15, 0.2) is 42.5 Å². The number of rotatable bonds is 6. The summed E-state index contributed by atoms with van der Waals surface area (Å²) in [7, 11) is 0. The van der Waals surface area contributed by atoms with Gasteiger partial charge in [-0.25, -0.2) is 0 Å². The molecule has 1 fully saturated rings. The van der Waals surface area contributed by atoms with Crippen molar-refractivity contribution in [3.63, 3.8) is 0 Å². The van der Waals surface area contributed by atoms with Gasteiger partial charge in [0.25, 0.3) is 5.91 Å². The Balaban J connectivity index is 1.63. The number of amides is 1. The van der Waals surface area contributed by atoms with Gasteiger partial charge in [-0.1, -0.05) is 44.2 Å². The molecule has 1 unspecified atom stereocenters. The molecule has 3 rings (SSSR count). The maximum absolute atomic E-state index is 13.2. The summed E-state index contributed by atoms with van der Waals surface area (Å²) < 4.78 is 12.3. The standard InChI is InChI=1S/C25H30N2O3/c1-17(2)23(30-22-11-6-5-10-20(22)16-26)25(28)27-14-12-21(13-15-27)29-24-18(3)8-7-9-19(24)4/h5-11,17,21,23H,12-15H2,1-4H3. The summed E-state index contributed by atoms with van der Waals surface area (Å²) in [4.78, 5) is 15.1. The number of carbonyl (C=O) groups is 1. The van der Waals surface area contributed by atoms with E-state index in [9.17, 15) is 10.1 Å². The predicted molar refractivity (Wildman–Crippen MR) is 117 cm³/mol. The average molecular weight is 407 g/mol. The number of ether oxygens (including phenoxy) is 2. The van der Waals surface area contributed by atoms with E-state index < -0.39 is 6.10 Å². The van der Waals surface area contributed by atoms with Gasteiger partial charge in [0.15, 0.2) is 6.10 Å². The minimum absolute atomic E-state index is 0.00663. The molecule has 5 nitrogen and oxygen atoms in total. The van der Waals surface area contributed by atoms with Crippen LogP contribution in [0.5, 0.6) is 11.5 Å². The first-order valence-corrected chi connectivity index (χ1v) is 10.6. The predicted octanol–water partition coefficient (Wildman–Crippen LogP) is 4.65. The van der Waals surface area contributed by atoms with E-state index in [1.165, 1.54) is 0 Å². The third-order valence-corrected chi connectivity index (χ3v) is 5.56. The fourth-order valence-corrected chi connectivity index (χ4v) is 3.80. The summed E-state index contributed by atoms with van der Waals surface area (Å²) in [6.45, 7) is 9.33. The Kier molecular flexibility index (Phi) is 6.99. The van der Waals surface area contributed by atoms with E-state index in [4.69, 9.17) is 9.47 Å². The van der Waals surface area contributed by atoms with Gasteiger partial charge in [0.1, 0.15) is 23.7 Å². The molecule has 1 heterocycles. The van der Waals surface area contributed by atoms with E-state index in [0.717, 1.165) is 29.7 Å². The molecule has 0 aliphatic carbocycles. The molecule has 0 aromatic heterocycles. The summed E-state index contributed by atoms with van der Waals surface area (Å²) >= 11 is 0. The van der Waals surface area contributed by atoms with Gasteiger partial charge in [0.2, 0.25) is 0 Å². The zero-order valence-corrected chi connectivity index (χ0v) is 18.2. The first kappa shape index (κ1) is 21.7. The lowest BCUT2D eigenvalue weighted by Crippen LogP contribution is -2.49. The Morgan fingerprint density at radius 2 is 1.70 bits per heavy atom. The Labute approximate surface area is 179 Å². The van der Waals surface area contributed by atoms with Gasteiger partial charge in [-0.05, 0) is 43.0 Å². The monoisotopic (exact) mass is 406 g/mol. The summed E-state index contributed by atoms with van der Waals surface area (Å²) in [5.74, 6) is 1.38. The van der Waals surface area contributed by atoms with E-state index >= 15 is 0 Å². The molecule has 1 amide bonds. The quantitative estimate of drug-likeness (QED) is 0.701. The number of piperidine rings is 1. The van der Waals surface area contributed by atoms with E-state index in [0.29, 0.717) is 24.4 Å². The second-order valence-electron chi connectivity index (χ2n) is 8.25. The average Bonchev–Trinajstić information content (AvgIpc) is 2.74. The van der Waals surface area contributed by atoms with Crippen LogP contribution in [0.1, 0.15) is 43.4 Å². The van der Waals surface area contributed by atoms with Crippen LogP contribution in [0.25, 0.3) is 0 Å². The molecular formula is C25H30N2O3. The van der Waals surface area contributed by atoms with Crippen molar-refractivity contribution >= 4 is 5.91 Å². The zero-order chi connectivity index (χ0) is 21.7. The lowest BCUT2D eigenvalue weighted by Gasteiger charge is -2.35. The molecular weight excluding hydrogens is 376 g/mol. The first-order valence-electron chi connectivity index (χ1n) is 10.6. The van der Waals surface area contributed by atoms with Gasteiger partial charge in [-0.2, -0.15) is 5.26 Å². The van der Waals surface area contributed by atoms with Crippen molar-refractivity contribution in [2.45, 2.75) is 52.7 Å². The zero-order valence-electron chi connectivity index (χ0n) is 18.2. The maximum Gasteiger partial charge on any atom is 0.263 e. The molecule has 1 aliphatic rings. The lowest BCUT2D eigenvalue weighted by atomic mass is 10.0. The smallest absolute Gasteiger partial charge is 0.263 e. The number of nitrogens with zero attached hydrogens (tertiary/aromatic N) is 2. The topological polar surface area (TPSA) is 62.6 Å². The summed E-state index contributed by atoms with van der Waals surface area (Å²) in [5, 5.41) is 9.31. The molecule has 2 aromatic carbocycles. The van der Waals surface area contributed by atoms with Crippen LogP contribution < -0.4 is 9.47 Å². The number of likely N-dealkylation sites (tertiary alicyclic amines) is 1. The minimum atomic E-state index is -0.615.